The monoisotopic (exact) mass is 510 g/mol. The van der Waals surface area contributed by atoms with E-state index in [1.807, 2.05) is 90.2 Å². The molecule has 2 aromatic carbocycles. The summed E-state index contributed by atoms with van der Waals surface area (Å²) in [5.41, 5.74) is 1.94. The minimum atomic E-state index is 0.0435. The van der Waals surface area contributed by atoms with Gasteiger partial charge in [-0.05, 0) is 78.7 Å². The molecule has 0 saturated carbocycles. The van der Waals surface area contributed by atoms with Gasteiger partial charge < -0.3 is 14.2 Å². The van der Waals surface area contributed by atoms with Crippen molar-refractivity contribution in [2.75, 3.05) is 32.8 Å². The smallest absolute Gasteiger partial charge is 0.258 e. The Balaban J connectivity index is 1.16. The summed E-state index contributed by atoms with van der Waals surface area (Å²) in [6.45, 7) is 5.23. The molecule has 0 radical (unpaired) electrons. The van der Waals surface area contributed by atoms with E-state index in [-0.39, 0.29) is 11.5 Å². The van der Waals surface area contributed by atoms with Crippen molar-refractivity contribution in [1.29, 1.82) is 0 Å². The third-order valence-electron chi connectivity index (χ3n) is 7.08. The van der Waals surface area contributed by atoms with Gasteiger partial charge >= 0.3 is 0 Å². The second-order valence-electron chi connectivity index (χ2n) is 9.76. The lowest BCUT2D eigenvalue weighted by molar-refractivity contribution is 0.0793. The molecule has 5 rings (SSSR count). The topological polar surface area (TPSA) is 67.7 Å². The molecule has 0 aliphatic carbocycles. The molecule has 196 valence electrons. The molecule has 7 heteroatoms. The number of aromatic nitrogens is 2. The summed E-state index contributed by atoms with van der Waals surface area (Å²) in [4.78, 5) is 33.9. The summed E-state index contributed by atoms with van der Waals surface area (Å²) < 4.78 is 7.78. The number of likely N-dealkylation sites (tertiary alicyclic amines) is 1. The fourth-order valence-corrected chi connectivity index (χ4v) is 4.95. The number of pyridine rings is 2. The molecule has 1 aliphatic rings. The summed E-state index contributed by atoms with van der Waals surface area (Å²) in [5, 5.41) is 1.71. The normalized spacial score (nSPS) is 13.3. The molecule has 0 spiro atoms. The number of ether oxygens (including phenoxy) is 1. The van der Waals surface area contributed by atoms with Gasteiger partial charge in [-0.2, -0.15) is 0 Å². The van der Waals surface area contributed by atoms with E-state index < -0.39 is 0 Å². The summed E-state index contributed by atoms with van der Waals surface area (Å²) in [5.74, 6) is 0.873. The molecule has 0 bridgehead atoms. The van der Waals surface area contributed by atoms with Crippen LogP contribution in [0.3, 0.4) is 0 Å². The molecule has 1 saturated heterocycles. The SMILES string of the molecule is O=C(c1ccc(OCCCN(CCn2ccc3ccccc3c2=O)Cc2ccncc2)cc1)N1CCCC1. The maximum Gasteiger partial charge on any atom is 0.258 e. The van der Waals surface area contributed by atoms with Gasteiger partial charge in [0.25, 0.3) is 11.5 Å². The van der Waals surface area contributed by atoms with E-state index >= 15 is 0 Å². The van der Waals surface area contributed by atoms with Gasteiger partial charge in [-0.3, -0.25) is 19.5 Å². The number of hydrogen-bond donors (Lipinski definition) is 0. The van der Waals surface area contributed by atoms with Gasteiger partial charge in [0.05, 0.1) is 6.61 Å². The molecule has 4 aromatic rings. The van der Waals surface area contributed by atoms with Gasteiger partial charge in [0.15, 0.2) is 0 Å². The molecule has 7 nitrogen and oxygen atoms in total. The zero-order chi connectivity index (χ0) is 26.2. The highest BCUT2D eigenvalue weighted by molar-refractivity contribution is 5.94. The van der Waals surface area contributed by atoms with Gasteiger partial charge in [-0.1, -0.05) is 18.2 Å². The van der Waals surface area contributed by atoms with Crippen molar-refractivity contribution in [1.82, 2.24) is 19.4 Å². The van der Waals surface area contributed by atoms with E-state index in [0.29, 0.717) is 18.7 Å². The lowest BCUT2D eigenvalue weighted by Crippen LogP contribution is -2.32. The second kappa shape index (κ2) is 12.5. The third kappa shape index (κ3) is 6.47. The molecule has 1 amide bonds. The first-order valence-electron chi connectivity index (χ1n) is 13.4. The number of fused-ring (bicyclic) bond motifs is 1. The van der Waals surface area contributed by atoms with Gasteiger partial charge in [0, 0.05) is 68.8 Å². The van der Waals surface area contributed by atoms with Gasteiger partial charge in [0.2, 0.25) is 0 Å². The van der Waals surface area contributed by atoms with Crippen LogP contribution in [-0.2, 0) is 13.1 Å². The first-order valence-corrected chi connectivity index (χ1v) is 13.4. The van der Waals surface area contributed by atoms with Crippen LogP contribution in [0, 0.1) is 0 Å². The Bertz CT molecular complexity index is 1400. The Morgan fingerprint density at radius 3 is 2.47 bits per heavy atom. The Morgan fingerprint density at radius 2 is 1.68 bits per heavy atom. The van der Waals surface area contributed by atoms with E-state index in [1.165, 1.54) is 5.56 Å². The largest absolute Gasteiger partial charge is 0.494 e. The predicted molar refractivity (Wildman–Crippen MR) is 149 cm³/mol. The molecule has 2 aromatic heterocycles. The zero-order valence-corrected chi connectivity index (χ0v) is 21.7. The number of hydrogen-bond acceptors (Lipinski definition) is 5. The number of rotatable bonds is 11. The predicted octanol–water partition coefficient (Wildman–Crippen LogP) is 4.60. The summed E-state index contributed by atoms with van der Waals surface area (Å²) in [6.07, 6.45) is 8.52. The van der Waals surface area contributed by atoms with Gasteiger partial charge in [0.1, 0.15) is 5.75 Å². The van der Waals surface area contributed by atoms with Crippen LogP contribution in [0.25, 0.3) is 10.8 Å². The van der Waals surface area contributed by atoms with E-state index in [4.69, 9.17) is 4.74 Å². The van der Waals surface area contributed by atoms with Crippen molar-refractivity contribution in [3.63, 3.8) is 0 Å². The van der Waals surface area contributed by atoms with Crippen molar-refractivity contribution in [2.24, 2.45) is 0 Å². The minimum absolute atomic E-state index is 0.0435. The average molecular weight is 511 g/mol. The van der Waals surface area contributed by atoms with E-state index in [0.717, 1.165) is 68.5 Å². The van der Waals surface area contributed by atoms with Crippen LogP contribution in [0.5, 0.6) is 5.75 Å². The molecule has 38 heavy (non-hydrogen) atoms. The van der Waals surface area contributed by atoms with E-state index in [9.17, 15) is 9.59 Å². The highest BCUT2D eigenvalue weighted by Crippen LogP contribution is 2.17. The lowest BCUT2D eigenvalue weighted by Gasteiger charge is -2.23. The van der Waals surface area contributed by atoms with Gasteiger partial charge in [-0.25, -0.2) is 0 Å². The maximum absolute atomic E-state index is 12.9. The fraction of sp³-hybridized carbons (Fsp3) is 0.323. The Kier molecular flexibility index (Phi) is 8.46. The van der Waals surface area contributed by atoms with Crippen molar-refractivity contribution in [2.45, 2.75) is 32.4 Å². The Morgan fingerprint density at radius 1 is 0.921 bits per heavy atom. The van der Waals surface area contributed by atoms with Crippen molar-refractivity contribution in [3.05, 3.63) is 107 Å². The Labute approximate surface area is 223 Å². The molecular formula is C31H34N4O3. The van der Waals surface area contributed by atoms with E-state index in [1.54, 1.807) is 4.57 Å². The van der Waals surface area contributed by atoms with Gasteiger partial charge in [-0.15, -0.1) is 0 Å². The molecule has 0 unspecified atom stereocenters. The second-order valence-corrected chi connectivity index (χ2v) is 9.76. The van der Waals surface area contributed by atoms with Crippen LogP contribution in [0.4, 0.5) is 0 Å². The number of nitrogens with zero attached hydrogens (tertiary/aromatic N) is 4. The number of amides is 1. The first-order chi connectivity index (χ1) is 18.7. The highest BCUT2D eigenvalue weighted by Gasteiger charge is 2.19. The molecule has 3 heterocycles. The van der Waals surface area contributed by atoms with Crippen LogP contribution in [0.1, 0.15) is 35.2 Å². The van der Waals surface area contributed by atoms with Crippen LogP contribution in [0.15, 0.2) is 90.1 Å². The molecule has 1 aliphatic heterocycles. The van der Waals surface area contributed by atoms with Crippen LogP contribution < -0.4 is 10.3 Å². The number of benzene rings is 2. The number of carbonyl (C=O) groups is 1. The molecule has 0 atom stereocenters. The van der Waals surface area contributed by atoms with Crippen molar-refractivity contribution < 1.29 is 9.53 Å². The first kappa shape index (κ1) is 25.7. The minimum Gasteiger partial charge on any atom is -0.494 e. The standard InChI is InChI=1S/C31H34N4O3/c36-30(34-18-3-4-19-34)27-8-10-28(11-9-27)38-23-5-17-33(24-25-12-15-32-16-13-25)21-22-35-20-14-26-6-1-2-7-29(26)31(35)37/h1-2,6-16,20H,3-5,17-19,21-24H2. The summed E-state index contributed by atoms with van der Waals surface area (Å²) in [7, 11) is 0. The van der Waals surface area contributed by atoms with Crippen molar-refractivity contribution >= 4 is 16.7 Å². The quantitative estimate of drug-likeness (QED) is 0.276. The summed E-state index contributed by atoms with van der Waals surface area (Å²) in [6, 6.07) is 21.2. The summed E-state index contributed by atoms with van der Waals surface area (Å²) >= 11 is 0. The average Bonchev–Trinajstić information content (AvgIpc) is 3.51. The van der Waals surface area contributed by atoms with E-state index in [2.05, 4.69) is 9.88 Å². The molecule has 0 N–H and O–H groups in total. The third-order valence-corrected chi connectivity index (χ3v) is 7.08. The number of carbonyl (C=O) groups excluding carboxylic acids is 1. The Hall–Kier alpha value is -3.97. The van der Waals surface area contributed by atoms with Crippen LogP contribution >= 0.6 is 0 Å². The van der Waals surface area contributed by atoms with Crippen LogP contribution in [-0.4, -0.2) is 58.0 Å². The lowest BCUT2D eigenvalue weighted by atomic mass is 10.2. The fourth-order valence-electron chi connectivity index (χ4n) is 4.95. The zero-order valence-electron chi connectivity index (χ0n) is 21.7. The van der Waals surface area contributed by atoms with Crippen molar-refractivity contribution in [3.8, 4) is 5.75 Å². The molecule has 1 fully saturated rings. The van der Waals surface area contributed by atoms with Crippen LogP contribution in [0.2, 0.25) is 0 Å². The highest BCUT2D eigenvalue weighted by atomic mass is 16.5. The maximum atomic E-state index is 12.9. The molecular weight excluding hydrogens is 476 g/mol.